The van der Waals surface area contributed by atoms with E-state index < -0.39 is 4.92 Å². The summed E-state index contributed by atoms with van der Waals surface area (Å²) < 4.78 is 5.24. The number of carbonyl (C=O) groups is 1. The van der Waals surface area contributed by atoms with Crippen LogP contribution >= 0.6 is 15.9 Å². The lowest BCUT2D eigenvalue weighted by Crippen LogP contribution is -2.36. The second kappa shape index (κ2) is 6.32. The fraction of sp³-hybridized carbons (Fsp3) is 0.462. The van der Waals surface area contributed by atoms with Crippen molar-refractivity contribution in [2.45, 2.75) is 25.4 Å². The Morgan fingerprint density at radius 1 is 1.60 bits per heavy atom. The number of nitrogens with zero attached hydrogens (tertiary/aromatic N) is 2. The van der Waals surface area contributed by atoms with Crippen LogP contribution in [0.25, 0.3) is 0 Å². The number of hydrogen-bond donors (Lipinski definition) is 0. The summed E-state index contributed by atoms with van der Waals surface area (Å²) in [5.74, 6) is -0.242. The largest absolute Gasteiger partial charge is 0.468 e. The summed E-state index contributed by atoms with van der Waals surface area (Å²) in [4.78, 5) is 24.2. The van der Waals surface area contributed by atoms with Gasteiger partial charge in [-0.2, -0.15) is 0 Å². The molecule has 0 amide bonds. The normalized spacial score (nSPS) is 19.0. The Hall–Kier alpha value is -1.47. The van der Waals surface area contributed by atoms with E-state index >= 15 is 0 Å². The molecule has 1 unspecified atom stereocenters. The number of hydrogen-bond acceptors (Lipinski definition) is 5. The molecule has 7 heteroatoms. The Labute approximate surface area is 125 Å². The highest BCUT2D eigenvalue weighted by molar-refractivity contribution is 9.10. The number of nitro groups is 1. The average Bonchev–Trinajstić information content (AvgIpc) is 2.88. The molecular weight excluding hydrogens is 328 g/mol. The molecule has 0 N–H and O–H groups in total. The van der Waals surface area contributed by atoms with Crippen molar-refractivity contribution in [2.75, 3.05) is 13.7 Å². The van der Waals surface area contributed by atoms with Gasteiger partial charge in [0.15, 0.2) is 0 Å². The number of nitro benzene ring substituents is 1. The van der Waals surface area contributed by atoms with Crippen LogP contribution in [-0.2, 0) is 16.1 Å². The Morgan fingerprint density at radius 2 is 2.35 bits per heavy atom. The molecule has 1 fully saturated rings. The molecule has 1 aromatic rings. The fourth-order valence-electron chi connectivity index (χ4n) is 2.45. The molecule has 0 spiro atoms. The summed E-state index contributed by atoms with van der Waals surface area (Å²) >= 11 is 3.16. The van der Waals surface area contributed by atoms with Gasteiger partial charge in [-0.05, 0) is 46.9 Å². The Bertz CT molecular complexity index is 535. The minimum absolute atomic E-state index is 0.0383. The Morgan fingerprint density at radius 3 is 3.00 bits per heavy atom. The summed E-state index contributed by atoms with van der Waals surface area (Å²) in [5, 5.41) is 10.9. The van der Waals surface area contributed by atoms with E-state index in [1.165, 1.54) is 13.2 Å². The van der Waals surface area contributed by atoms with Gasteiger partial charge in [0.1, 0.15) is 6.04 Å². The first-order valence-corrected chi connectivity index (χ1v) is 7.07. The molecule has 1 aliphatic heterocycles. The minimum atomic E-state index is -0.421. The second-order valence-electron chi connectivity index (χ2n) is 4.69. The third-order valence-electron chi connectivity index (χ3n) is 3.43. The molecule has 1 atom stereocenters. The standard InChI is InChI=1S/C13H15BrN2O4/c1-20-13(17)11-3-2-6-15(11)8-9-4-5-10(14)12(7-9)16(18)19/h4-5,7,11H,2-3,6,8H2,1H3. The van der Waals surface area contributed by atoms with Gasteiger partial charge in [0.05, 0.1) is 16.5 Å². The summed E-state index contributed by atoms with van der Waals surface area (Å²) in [5.41, 5.74) is 0.854. The number of halogens is 1. The van der Waals surface area contributed by atoms with Crippen molar-refractivity contribution >= 4 is 27.6 Å². The van der Waals surface area contributed by atoms with Crippen molar-refractivity contribution in [3.8, 4) is 0 Å². The number of carbonyl (C=O) groups excluding carboxylic acids is 1. The van der Waals surface area contributed by atoms with E-state index in [1.54, 1.807) is 6.07 Å². The van der Waals surface area contributed by atoms with Crippen molar-refractivity contribution < 1.29 is 14.5 Å². The van der Waals surface area contributed by atoms with Crippen molar-refractivity contribution in [3.63, 3.8) is 0 Å². The first kappa shape index (κ1) is 14.9. The maximum Gasteiger partial charge on any atom is 0.323 e. The third kappa shape index (κ3) is 3.16. The van der Waals surface area contributed by atoms with E-state index in [4.69, 9.17) is 4.74 Å². The van der Waals surface area contributed by atoms with Crippen LogP contribution in [0.1, 0.15) is 18.4 Å². The zero-order chi connectivity index (χ0) is 14.7. The van der Waals surface area contributed by atoms with Crippen molar-refractivity contribution in [1.29, 1.82) is 0 Å². The molecular formula is C13H15BrN2O4. The molecule has 2 rings (SSSR count). The first-order chi connectivity index (χ1) is 9.52. The van der Waals surface area contributed by atoms with Crippen LogP contribution in [0.5, 0.6) is 0 Å². The zero-order valence-corrected chi connectivity index (χ0v) is 12.6. The SMILES string of the molecule is COC(=O)C1CCCN1Cc1ccc(Br)c([N+](=O)[O-])c1. The molecule has 1 heterocycles. The third-order valence-corrected chi connectivity index (χ3v) is 4.10. The lowest BCUT2D eigenvalue weighted by Gasteiger charge is -2.22. The molecule has 20 heavy (non-hydrogen) atoms. The molecule has 0 bridgehead atoms. The van der Waals surface area contributed by atoms with Gasteiger partial charge in [0.25, 0.3) is 5.69 Å². The predicted molar refractivity (Wildman–Crippen MR) is 76.2 cm³/mol. The van der Waals surface area contributed by atoms with Gasteiger partial charge in [0, 0.05) is 12.6 Å². The molecule has 0 radical (unpaired) electrons. The number of rotatable bonds is 4. The van der Waals surface area contributed by atoms with E-state index in [9.17, 15) is 14.9 Å². The highest BCUT2D eigenvalue weighted by Gasteiger charge is 2.31. The van der Waals surface area contributed by atoms with E-state index in [0.717, 1.165) is 24.9 Å². The minimum Gasteiger partial charge on any atom is -0.468 e. The Kier molecular flexibility index (Phi) is 4.72. The Balaban J connectivity index is 2.15. The summed E-state index contributed by atoms with van der Waals surface area (Å²) in [6.45, 7) is 1.30. The van der Waals surface area contributed by atoms with Crippen LogP contribution in [0.4, 0.5) is 5.69 Å². The van der Waals surface area contributed by atoms with Crippen LogP contribution in [-0.4, -0.2) is 35.5 Å². The van der Waals surface area contributed by atoms with Gasteiger partial charge in [-0.15, -0.1) is 0 Å². The smallest absolute Gasteiger partial charge is 0.323 e. The quantitative estimate of drug-likeness (QED) is 0.477. The van der Waals surface area contributed by atoms with E-state index in [1.807, 2.05) is 11.0 Å². The van der Waals surface area contributed by atoms with Gasteiger partial charge >= 0.3 is 5.97 Å². The summed E-state index contributed by atoms with van der Waals surface area (Å²) in [6, 6.07) is 4.78. The van der Waals surface area contributed by atoms with E-state index in [0.29, 0.717) is 11.0 Å². The van der Waals surface area contributed by atoms with Crippen LogP contribution in [0.2, 0.25) is 0 Å². The topological polar surface area (TPSA) is 72.7 Å². The molecule has 0 aromatic heterocycles. The average molecular weight is 343 g/mol. The van der Waals surface area contributed by atoms with Gasteiger partial charge in [0.2, 0.25) is 0 Å². The highest BCUT2D eigenvalue weighted by atomic mass is 79.9. The highest BCUT2D eigenvalue weighted by Crippen LogP contribution is 2.28. The molecule has 0 saturated carbocycles. The van der Waals surface area contributed by atoms with E-state index in [-0.39, 0.29) is 17.7 Å². The van der Waals surface area contributed by atoms with E-state index in [2.05, 4.69) is 15.9 Å². The molecule has 1 saturated heterocycles. The summed E-state index contributed by atoms with van der Waals surface area (Å²) in [7, 11) is 1.38. The molecule has 108 valence electrons. The molecule has 6 nitrogen and oxygen atoms in total. The molecule has 1 aliphatic rings. The zero-order valence-electron chi connectivity index (χ0n) is 11.0. The number of likely N-dealkylation sites (tertiary alicyclic amines) is 1. The van der Waals surface area contributed by atoms with Crippen molar-refractivity contribution in [2.24, 2.45) is 0 Å². The van der Waals surface area contributed by atoms with Crippen LogP contribution in [0.15, 0.2) is 22.7 Å². The van der Waals surface area contributed by atoms with Crippen LogP contribution in [0, 0.1) is 10.1 Å². The number of benzene rings is 1. The maximum absolute atomic E-state index is 11.7. The lowest BCUT2D eigenvalue weighted by atomic mass is 10.1. The number of ether oxygens (including phenoxy) is 1. The fourth-order valence-corrected chi connectivity index (χ4v) is 2.84. The van der Waals surface area contributed by atoms with Gasteiger partial charge in [-0.25, -0.2) is 0 Å². The predicted octanol–water partition coefficient (Wildman–Crippen LogP) is 2.49. The number of esters is 1. The van der Waals surface area contributed by atoms with Crippen molar-refractivity contribution in [3.05, 3.63) is 38.3 Å². The van der Waals surface area contributed by atoms with Gasteiger partial charge in [-0.3, -0.25) is 19.8 Å². The number of methoxy groups -OCH3 is 1. The molecule has 1 aromatic carbocycles. The van der Waals surface area contributed by atoms with Gasteiger partial charge in [-0.1, -0.05) is 6.07 Å². The maximum atomic E-state index is 11.7. The monoisotopic (exact) mass is 342 g/mol. The summed E-state index contributed by atoms with van der Waals surface area (Å²) in [6.07, 6.45) is 1.70. The first-order valence-electron chi connectivity index (χ1n) is 6.27. The lowest BCUT2D eigenvalue weighted by molar-refractivity contribution is -0.385. The van der Waals surface area contributed by atoms with Crippen LogP contribution in [0.3, 0.4) is 0 Å². The van der Waals surface area contributed by atoms with Crippen molar-refractivity contribution in [1.82, 2.24) is 4.90 Å². The second-order valence-corrected chi connectivity index (χ2v) is 5.55. The van der Waals surface area contributed by atoms with Gasteiger partial charge < -0.3 is 4.74 Å². The molecule has 0 aliphatic carbocycles. The van der Waals surface area contributed by atoms with Crippen LogP contribution < -0.4 is 0 Å².